The fourth-order valence-corrected chi connectivity index (χ4v) is 2.55. The van der Waals surface area contributed by atoms with Crippen molar-refractivity contribution in [2.45, 2.75) is 46.2 Å². The van der Waals surface area contributed by atoms with E-state index in [-0.39, 0.29) is 6.04 Å². The minimum atomic E-state index is -0.0418. The third-order valence-corrected chi connectivity index (χ3v) is 3.57. The van der Waals surface area contributed by atoms with E-state index in [0.717, 1.165) is 17.7 Å². The molecule has 3 heteroatoms. The monoisotopic (exact) mass is 264 g/mol. The van der Waals surface area contributed by atoms with Crippen molar-refractivity contribution in [3.8, 4) is 5.75 Å². The zero-order valence-electron chi connectivity index (χ0n) is 13.1. The first-order valence-corrected chi connectivity index (χ1v) is 7.03. The van der Waals surface area contributed by atoms with Gasteiger partial charge in [-0.05, 0) is 38.3 Å². The van der Waals surface area contributed by atoms with Gasteiger partial charge in [-0.15, -0.1) is 0 Å². The first kappa shape index (κ1) is 15.8. The van der Waals surface area contributed by atoms with Gasteiger partial charge in [-0.1, -0.05) is 19.9 Å². The van der Waals surface area contributed by atoms with Crippen molar-refractivity contribution in [2.24, 2.45) is 11.7 Å². The van der Waals surface area contributed by atoms with Crippen molar-refractivity contribution < 1.29 is 4.74 Å². The maximum absolute atomic E-state index is 6.12. The van der Waals surface area contributed by atoms with Crippen LogP contribution in [0.2, 0.25) is 0 Å². The van der Waals surface area contributed by atoms with E-state index in [0.29, 0.717) is 12.0 Å². The van der Waals surface area contributed by atoms with E-state index in [9.17, 15) is 0 Å². The number of methoxy groups -OCH3 is 1. The predicted octanol–water partition coefficient (Wildman–Crippen LogP) is 3.59. The third kappa shape index (κ3) is 3.87. The highest BCUT2D eigenvalue weighted by Crippen LogP contribution is 2.34. The fourth-order valence-electron chi connectivity index (χ4n) is 2.55. The third-order valence-electron chi connectivity index (χ3n) is 3.57. The van der Waals surface area contributed by atoms with E-state index >= 15 is 0 Å². The zero-order chi connectivity index (χ0) is 14.6. The molecule has 2 N–H and O–H groups in total. The van der Waals surface area contributed by atoms with Crippen LogP contribution in [-0.4, -0.2) is 20.2 Å². The van der Waals surface area contributed by atoms with Crippen LogP contribution >= 0.6 is 0 Å². The highest BCUT2D eigenvalue weighted by atomic mass is 16.5. The summed E-state index contributed by atoms with van der Waals surface area (Å²) < 4.78 is 5.45. The summed E-state index contributed by atoms with van der Waals surface area (Å²) in [4.78, 5) is 2.31. The van der Waals surface area contributed by atoms with Gasteiger partial charge in [0.15, 0.2) is 0 Å². The Bertz CT molecular complexity index is 402. The second kappa shape index (κ2) is 6.80. The van der Waals surface area contributed by atoms with E-state index in [4.69, 9.17) is 10.5 Å². The molecule has 1 aromatic carbocycles. The van der Waals surface area contributed by atoms with Crippen LogP contribution in [0.3, 0.4) is 0 Å². The molecule has 19 heavy (non-hydrogen) atoms. The lowest BCUT2D eigenvalue weighted by atomic mass is 10.0. The summed E-state index contributed by atoms with van der Waals surface area (Å²) in [5.74, 6) is 1.55. The molecule has 2 unspecified atom stereocenters. The van der Waals surface area contributed by atoms with Crippen LogP contribution in [0.4, 0.5) is 5.69 Å². The molecule has 0 aliphatic rings. The summed E-state index contributed by atoms with van der Waals surface area (Å²) in [5.41, 5.74) is 8.38. The maximum Gasteiger partial charge on any atom is 0.125 e. The van der Waals surface area contributed by atoms with Crippen molar-refractivity contribution in [3.63, 3.8) is 0 Å². The standard InChI is InChI=1S/C16H28N2O/c1-11(2)10-12(3)18(5)14-8-7-9-15(19-6)16(14)13(4)17/h7-9,11-13H,10,17H2,1-6H3. The van der Waals surface area contributed by atoms with Crippen molar-refractivity contribution in [1.82, 2.24) is 0 Å². The average Bonchev–Trinajstić information content (AvgIpc) is 2.35. The molecule has 1 aromatic rings. The van der Waals surface area contributed by atoms with Crippen molar-refractivity contribution >= 4 is 5.69 Å². The lowest BCUT2D eigenvalue weighted by molar-refractivity contribution is 0.406. The fraction of sp³-hybridized carbons (Fsp3) is 0.625. The van der Waals surface area contributed by atoms with Crippen LogP contribution in [-0.2, 0) is 0 Å². The number of anilines is 1. The zero-order valence-corrected chi connectivity index (χ0v) is 13.1. The average molecular weight is 264 g/mol. The van der Waals surface area contributed by atoms with Gasteiger partial charge in [-0.2, -0.15) is 0 Å². The molecular weight excluding hydrogens is 236 g/mol. The Morgan fingerprint density at radius 2 is 1.84 bits per heavy atom. The topological polar surface area (TPSA) is 38.5 Å². The molecule has 2 atom stereocenters. The van der Waals surface area contributed by atoms with Crippen molar-refractivity contribution in [1.29, 1.82) is 0 Å². The molecule has 0 aliphatic heterocycles. The molecule has 0 amide bonds. The maximum atomic E-state index is 6.12. The molecule has 0 bridgehead atoms. The van der Waals surface area contributed by atoms with Crippen LogP contribution in [0.1, 0.15) is 45.7 Å². The summed E-state index contributed by atoms with van der Waals surface area (Å²) in [6.07, 6.45) is 1.16. The number of nitrogens with zero attached hydrogens (tertiary/aromatic N) is 1. The van der Waals surface area contributed by atoms with Gasteiger partial charge in [0, 0.05) is 30.4 Å². The highest BCUT2D eigenvalue weighted by molar-refractivity contribution is 5.60. The van der Waals surface area contributed by atoms with Crippen LogP contribution < -0.4 is 15.4 Å². The SMILES string of the molecule is COc1cccc(N(C)C(C)CC(C)C)c1C(C)N. The van der Waals surface area contributed by atoms with Crippen LogP contribution in [0.25, 0.3) is 0 Å². The van der Waals surface area contributed by atoms with E-state index in [1.807, 2.05) is 19.1 Å². The summed E-state index contributed by atoms with van der Waals surface area (Å²) >= 11 is 0. The summed E-state index contributed by atoms with van der Waals surface area (Å²) in [5, 5.41) is 0. The second-order valence-corrected chi connectivity index (χ2v) is 5.77. The number of hydrogen-bond donors (Lipinski definition) is 1. The lowest BCUT2D eigenvalue weighted by Gasteiger charge is -2.31. The van der Waals surface area contributed by atoms with E-state index in [1.165, 1.54) is 5.69 Å². The number of ether oxygens (including phenoxy) is 1. The molecule has 108 valence electrons. The minimum Gasteiger partial charge on any atom is -0.496 e. The molecule has 0 saturated carbocycles. The molecule has 1 rings (SSSR count). The lowest BCUT2D eigenvalue weighted by Crippen LogP contribution is -2.31. The minimum absolute atomic E-state index is 0.0418. The van der Waals surface area contributed by atoms with Gasteiger partial charge in [-0.3, -0.25) is 0 Å². The molecule has 0 spiro atoms. The van der Waals surface area contributed by atoms with E-state index in [2.05, 4.69) is 38.8 Å². The van der Waals surface area contributed by atoms with Crippen LogP contribution in [0.5, 0.6) is 5.75 Å². The Balaban J connectivity index is 3.11. The predicted molar refractivity (Wildman–Crippen MR) is 82.9 cm³/mol. The Kier molecular flexibility index (Phi) is 5.67. The number of benzene rings is 1. The largest absolute Gasteiger partial charge is 0.496 e. The summed E-state index contributed by atoms with van der Waals surface area (Å²) in [7, 11) is 3.83. The van der Waals surface area contributed by atoms with Gasteiger partial charge in [0.05, 0.1) is 7.11 Å². The quantitative estimate of drug-likeness (QED) is 0.853. The van der Waals surface area contributed by atoms with Crippen LogP contribution in [0, 0.1) is 5.92 Å². The molecule has 0 radical (unpaired) electrons. The normalized spacial score (nSPS) is 14.3. The van der Waals surface area contributed by atoms with Crippen molar-refractivity contribution in [3.05, 3.63) is 23.8 Å². The van der Waals surface area contributed by atoms with Crippen molar-refractivity contribution in [2.75, 3.05) is 19.1 Å². The highest BCUT2D eigenvalue weighted by Gasteiger charge is 2.19. The van der Waals surface area contributed by atoms with Gasteiger partial charge in [0.25, 0.3) is 0 Å². The first-order chi connectivity index (χ1) is 8.88. The van der Waals surface area contributed by atoms with Gasteiger partial charge in [0.1, 0.15) is 5.75 Å². The smallest absolute Gasteiger partial charge is 0.125 e. The number of hydrogen-bond acceptors (Lipinski definition) is 3. The van der Waals surface area contributed by atoms with Gasteiger partial charge in [0.2, 0.25) is 0 Å². The van der Waals surface area contributed by atoms with E-state index in [1.54, 1.807) is 7.11 Å². The first-order valence-electron chi connectivity index (χ1n) is 7.03. The Hall–Kier alpha value is -1.22. The van der Waals surface area contributed by atoms with Crippen LogP contribution in [0.15, 0.2) is 18.2 Å². The Morgan fingerprint density at radius 3 is 2.32 bits per heavy atom. The van der Waals surface area contributed by atoms with E-state index < -0.39 is 0 Å². The number of nitrogens with two attached hydrogens (primary N) is 1. The van der Waals surface area contributed by atoms with Gasteiger partial charge in [-0.25, -0.2) is 0 Å². The summed E-state index contributed by atoms with van der Waals surface area (Å²) in [6.45, 7) is 8.76. The Labute approximate surface area is 117 Å². The van der Waals surface area contributed by atoms with Gasteiger partial charge >= 0.3 is 0 Å². The number of rotatable bonds is 6. The molecule has 0 fully saturated rings. The molecule has 0 heterocycles. The molecule has 0 saturated heterocycles. The molecule has 0 aliphatic carbocycles. The summed E-state index contributed by atoms with van der Waals surface area (Å²) in [6, 6.07) is 6.56. The molecule has 3 nitrogen and oxygen atoms in total. The molecular formula is C16H28N2O. The second-order valence-electron chi connectivity index (χ2n) is 5.77. The molecule has 0 aromatic heterocycles. The van der Waals surface area contributed by atoms with Gasteiger partial charge < -0.3 is 15.4 Å². The Morgan fingerprint density at radius 1 is 1.21 bits per heavy atom.